The second-order valence-corrected chi connectivity index (χ2v) is 11.0. The SMILES string of the molecule is COP(=O)(O)OCCSCCOP(=O)(O)OCC1CC[C@H](n2cnc3c(=O)[nH]c(N)nc32)O1. The number of hydrogen-bond acceptors (Lipinski definition) is 12. The van der Waals surface area contributed by atoms with Crippen LogP contribution in [0, 0.1) is 0 Å². The number of hydrogen-bond donors (Lipinski definition) is 4. The van der Waals surface area contributed by atoms with Crippen LogP contribution in [0.5, 0.6) is 0 Å². The fourth-order valence-electron chi connectivity index (χ4n) is 2.96. The fraction of sp³-hybridized carbons (Fsp3) is 0.667. The fourth-order valence-corrected chi connectivity index (χ4v) is 4.99. The van der Waals surface area contributed by atoms with E-state index >= 15 is 0 Å². The van der Waals surface area contributed by atoms with Gasteiger partial charge in [0.05, 0.1) is 32.3 Å². The minimum absolute atomic E-state index is 0.0253. The van der Waals surface area contributed by atoms with Gasteiger partial charge >= 0.3 is 15.6 Å². The second kappa shape index (κ2) is 11.4. The molecule has 2 aromatic heterocycles. The molecule has 1 fully saturated rings. The Morgan fingerprint density at radius 1 is 1.24 bits per heavy atom. The summed E-state index contributed by atoms with van der Waals surface area (Å²) in [6.07, 6.45) is 1.55. The van der Waals surface area contributed by atoms with E-state index < -0.39 is 33.5 Å². The molecular weight excluding hydrogens is 504 g/mol. The third-order valence-corrected chi connectivity index (χ3v) is 7.33. The van der Waals surface area contributed by atoms with Crippen molar-refractivity contribution in [1.29, 1.82) is 0 Å². The molecule has 15 nitrogen and oxygen atoms in total. The van der Waals surface area contributed by atoms with Gasteiger partial charge in [-0.15, -0.1) is 0 Å². The lowest BCUT2D eigenvalue weighted by atomic mass is 10.2. The number of imidazole rings is 1. The van der Waals surface area contributed by atoms with Crippen LogP contribution in [-0.4, -0.2) is 73.8 Å². The van der Waals surface area contributed by atoms with Crippen molar-refractivity contribution in [2.45, 2.75) is 25.2 Å². The van der Waals surface area contributed by atoms with Gasteiger partial charge in [-0.1, -0.05) is 0 Å². The van der Waals surface area contributed by atoms with Gasteiger partial charge in [0.1, 0.15) is 6.23 Å². The van der Waals surface area contributed by atoms with Crippen LogP contribution in [0.3, 0.4) is 0 Å². The van der Waals surface area contributed by atoms with Gasteiger partial charge < -0.3 is 20.3 Å². The molecule has 0 aromatic carbocycles. The quantitative estimate of drug-likeness (QED) is 0.211. The van der Waals surface area contributed by atoms with E-state index in [2.05, 4.69) is 24.0 Å². The summed E-state index contributed by atoms with van der Waals surface area (Å²) in [6, 6.07) is 0. The lowest BCUT2D eigenvalue weighted by Crippen LogP contribution is -2.17. The number of nitrogens with one attached hydrogen (secondary N) is 1. The molecule has 18 heteroatoms. The minimum Gasteiger partial charge on any atom is -0.369 e. The maximum atomic E-state index is 12.0. The molecule has 3 rings (SSSR count). The van der Waals surface area contributed by atoms with Crippen LogP contribution in [0.2, 0.25) is 0 Å². The van der Waals surface area contributed by atoms with Gasteiger partial charge in [-0.3, -0.25) is 32.4 Å². The van der Waals surface area contributed by atoms with Crippen LogP contribution in [0.25, 0.3) is 11.2 Å². The summed E-state index contributed by atoms with van der Waals surface area (Å²) in [6.45, 7) is -0.268. The Bertz CT molecular complexity index is 1100. The van der Waals surface area contributed by atoms with E-state index in [1.54, 1.807) is 4.57 Å². The first-order valence-electron chi connectivity index (χ1n) is 9.71. The summed E-state index contributed by atoms with van der Waals surface area (Å²) in [4.78, 5) is 41.3. The van der Waals surface area contributed by atoms with Crippen LogP contribution in [-0.2, 0) is 32.0 Å². The van der Waals surface area contributed by atoms with Gasteiger partial charge in [-0.2, -0.15) is 16.7 Å². The summed E-state index contributed by atoms with van der Waals surface area (Å²) in [7, 11) is -7.23. The molecule has 0 bridgehead atoms. The molecule has 0 aliphatic carbocycles. The average molecular weight is 529 g/mol. The van der Waals surface area contributed by atoms with Crippen molar-refractivity contribution in [2.75, 3.05) is 44.2 Å². The molecule has 1 aliphatic rings. The highest BCUT2D eigenvalue weighted by Gasteiger charge is 2.31. The number of aromatic amines is 1. The summed E-state index contributed by atoms with van der Waals surface area (Å²) in [5.74, 6) is 0.658. The Balaban J connectivity index is 1.38. The Kier molecular flexibility index (Phi) is 9.08. The van der Waals surface area contributed by atoms with Crippen LogP contribution < -0.4 is 11.3 Å². The Morgan fingerprint density at radius 3 is 2.64 bits per heavy atom. The van der Waals surface area contributed by atoms with Crippen molar-refractivity contribution >= 4 is 44.5 Å². The lowest BCUT2D eigenvalue weighted by molar-refractivity contribution is -0.0220. The van der Waals surface area contributed by atoms with E-state index in [1.165, 1.54) is 18.1 Å². The predicted octanol–water partition coefficient (Wildman–Crippen LogP) is 1.01. The van der Waals surface area contributed by atoms with E-state index in [1.807, 2.05) is 0 Å². The summed E-state index contributed by atoms with van der Waals surface area (Å²) in [5, 5.41) is 0. The summed E-state index contributed by atoms with van der Waals surface area (Å²) in [5.41, 5.74) is 5.56. The van der Waals surface area contributed by atoms with Crippen molar-refractivity contribution in [3.05, 3.63) is 16.7 Å². The number of nitrogens with two attached hydrogens (primary N) is 1. The average Bonchev–Trinajstić information content (AvgIpc) is 3.38. The molecule has 3 heterocycles. The number of fused-ring (bicyclic) bond motifs is 1. The summed E-state index contributed by atoms with van der Waals surface area (Å²) < 4.78 is 49.4. The molecule has 0 spiro atoms. The number of H-pyrrole nitrogens is 1. The van der Waals surface area contributed by atoms with Crippen LogP contribution in [0.15, 0.2) is 11.1 Å². The molecule has 0 saturated carbocycles. The standard InChI is InChI=1S/C15H25N5O10P2S/c1-26-31(22,23)27-4-6-33-7-5-28-32(24,25)29-8-10-2-3-11(30-10)20-9-17-12-13(20)18-15(16)19-14(12)21/h9-11H,2-8H2,1H3,(H,22,23)(H,24,25)(H3,16,18,19,21)/t10?,11-/m1/s1. The molecule has 1 saturated heterocycles. The number of phosphoric acid groups is 2. The number of aromatic nitrogens is 4. The highest BCUT2D eigenvalue weighted by molar-refractivity contribution is 7.99. The van der Waals surface area contributed by atoms with Crippen molar-refractivity contribution in [1.82, 2.24) is 19.5 Å². The highest BCUT2D eigenvalue weighted by Crippen LogP contribution is 2.44. The predicted molar refractivity (Wildman–Crippen MR) is 118 cm³/mol. The smallest absolute Gasteiger partial charge is 0.369 e. The van der Waals surface area contributed by atoms with Gasteiger partial charge in [-0.25, -0.2) is 14.1 Å². The molecule has 2 aromatic rings. The second-order valence-electron chi connectivity index (χ2n) is 6.76. The van der Waals surface area contributed by atoms with Gasteiger partial charge in [-0.05, 0) is 12.8 Å². The number of rotatable bonds is 13. The molecule has 0 radical (unpaired) electrons. The zero-order valence-electron chi connectivity index (χ0n) is 17.6. The first-order chi connectivity index (χ1) is 15.6. The Hall–Kier alpha value is -1.32. The molecule has 4 atom stereocenters. The van der Waals surface area contributed by atoms with Crippen LogP contribution in [0.4, 0.5) is 5.95 Å². The molecule has 5 N–H and O–H groups in total. The third kappa shape index (κ3) is 7.59. The maximum Gasteiger partial charge on any atom is 0.472 e. The van der Waals surface area contributed by atoms with Crippen molar-refractivity contribution in [3.8, 4) is 0 Å². The molecule has 186 valence electrons. The zero-order valence-corrected chi connectivity index (χ0v) is 20.2. The van der Waals surface area contributed by atoms with E-state index in [0.29, 0.717) is 24.3 Å². The van der Waals surface area contributed by atoms with E-state index in [-0.39, 0.29) is 36.9 Å². The first kappa shape index (κ1) is 26.3. The highest BCUT2D eigenvalue weighted by atomic mass is 32.2. The largest absolute Gasteiger partial charge is 0.472 e. The molecule has 0 amide bonds. The monoisotopic (exact) mass is 529 g/mol. The molecule has 3 unspecified atom stereocenters. The normalized spacial score (nSPS) is 22.4. The zero-order chi connectivity index (χ0) is 24.1. The molecule has 33 heavy (non-hydrogen) atoms. The van der Waals surface area contributed by atoms with Crippen molar-refractivity contribution < 1.29 is 41.7 Å². The van der Waals surface area contributed by atoms with Crippen molar-refractivity contribution in [3.63, 3.8) is 0 Å². The van der Waals surface area contributed by atoms with Crippen LogP contribution >= 0.6 is 27.4 Å². The lowest BCUT2D eigenvalue weighted by Gasteiger charge is -2.17. The number of thioether (sulfide) groups is 1. The number of phosphoric ester groups is 2. The van der Waals surface area contributed by atoms with Gasteiger partial charge in [0, 0.05) is 18.6 Å². The van der Waals surface area contributed by atoms with Crippen molar-refractivity contribution in [2.24, 2.45) is 0 Å². The number of nitrogens with zero attached hydrogens (tertiary/aromatic N) is 3. The number of anilines is 1. The first-order valence-corrected chi connectivity index (χ1v) is 13.9. The topological polar surface area (TPSA) is 210 Å². The van der Waals surface area contributed by atoms with Gasteiger partial charge in [0.25, 0.3) is 5.56 Å². The Labute approximate surface area is 192 Å². The van der Waals surface area contributed by atoms with E-state index in [9.17, 15) is 18.8 Å². The minimum atomic E-state index is -4.29. The molecule has 1 aliphatic heterocycles. The van der Waals surface area contributed by atoms with E-state index in [0.717, 1.165) is 7.11 Å². The van der Waals surface area contributed by atoms with Gasteiger partial charge in [0.2, 0.25) is 5.95 Å². The van der Waals surface area contributed by atoms with Gasteiger partial charge in [0.15, 0.2) is 11.2 Å². The molecular formula is C15H25N5O10P2S. The maximum absolute atomic E-state index is 12.0. The van der Waals surface area contributed by atoms with Crippen LogP contribution in [0.1, 0.15) is 19.1 Å². The Morgan fingerprint density at radius 2 is 1.94 bits per heavy atom. The number of ether oxygens (including phenoxy) is 1. The summed E-state index contributed by atoms with van der Waals surface area (Å²) >= 11 is 1.29. The number of nitrogen functional groups attached to an aromatic ring is 1. The third-order valence-electron chi connectivity index (χ3n) is 4.46. The van der Waals surface area contributed by atoms with E-state index in [4.69, 9.17) is 24.4 Å².